The molecular weight excluding hydrogens is 200 g/mol. The molecule has 1 aliphatic rings. The molecule has 1 fully saturated rings. The maximum Gasteiger partial charge on any atom is 0.148 e. The number of hydrogen-bond donors (Lipinski definition) is 2. The second kappa shape index (κ2) is 4.36. The van der Waals surface area contributed by atoms with Crippen LogP contribution in [0.15, 0.2) is 0 Å². The molecule has 0 aromatic carbocycles. The van der Waals surface area contributed by atoms with Crippen molar-refractivity contribution < 1.29 is 0 Å². The van der Waals surface area contributed by atoms with Crippen molar-refractivity contribution in [2.24, 2.45) is 5.92 Å². The van der Waals surface area contributed by atoms with Gasteiger partial charge in [0.2, 0.25) is 0 Å². The summed E-state index contributed by atoms with van der Waals surface area (Å²) < 4.78 is 2.00. The molecule has 0 bridgehead atoms. The van der Waals surface area contributed by atoms with Crippen molar-refractivity contribution in [3.05, 3.63) is 5.69 Å². The van der Waals surface area contributed by atoms with Gasteiger partial charge in [-0.25, -0.2) is 4.68 Å². The lowest BCUT2D eigenvalue weighted by Gasteiger charge is -2.16. The topological polar surface area (TPSA) is 55.9 Å². The minimum Gasteiger partial charge on any atom is -0.394 e. The summed E-state index contributed by atoms with van der Waals surface area (Å²) in [5, 5.41) is 7.98. The number of aryl methyl sites for hydroxylation is 2. The van der Waals surface area contributed by atoms with Crippen LogP contribution in [-0.4, -0.2) is 15.8 Å². The molecule has 4 nitrogen and oxygen atoms in total. The predicted octanol–water partition coefficient (Wildman–Crippen LogP) is 2.39. The quantitative estimate of drug-likeness (QED) is 0.804. The number of nitrogen functional groups attached to an aromatic ring is 1. The van der Waals surface area contributed by atoms with Crippen molar-refractivity contribution in [2.75, 3.05) is 11.1 Å². The molecule has 16 heavy (non-hydrogen) atoms. The first-order chi connectivity index (χ1) is 7.63. The Morgan fingerprint density at radius 3 is 2.81 bits per heavy atom. The van der Waals surface area contributed by atoms with Gasteiger partial charge in [0.1, 0.15) is 5.82 Å². The molecule has 1 saturated carbocycles. The Morgan fingerprint density at radius 1 is 1.56 bits per heavy atom. The zero-order chi connectivity index (χ0) is 11.7. The van der Waals surface area contributed by atoms with Crippen LogP contribution in [0.1, 0.15) is 38.8 Å². The molecule has 0 radical (unpaired) electrons. The van der Waals surface area contributed by atoms with E-state index < -0.39 is 0 Å². The molecule has 1 aromatic heterocycles. The standard InChI is InChI=1S/C12H22N4/c1-4-7-16-12(11(13)9(3)15-16)14-8(2)10-5-6-10/h8,10,14H,4-7,13H2,1-3H3. The van der Waals surface area contributed by atoms with Gasteiger partial charge in [-0.1, -0.05) is 6.92 Å². The van der Waals surface area contributed by atoms with Crippen molar-refractivity contribution in [1.29, 1.82) is 0 Å². The Morgan fingerprint density at radius 2 is 2.25 bits per heavy atom. The molecule has 0 saturated heterocycles. The van der Waals surface area contributed by atoms with E-state index in [1.807, 2.05) is 11.6 Å². The maximum atomic E-state index is 6.06. The van der Waals surface area contributed by atoms with Crippen LogP contribution in [-0.2, 0) is 6.54 Å². The van der Waals surface area contributed by atoms with Crippen molar-refractivity contribution in [2.45, 2.75) is 52.6 Å². The minimum absolute atomic E-state index is 0.508. The van der Waals surface area contributed by atoms with Crippen molar-refractivity contribution in [3.63, 3.8) is 0 Å². The average molecular weight is 222 g/mol. The SMILES string of the molecule is CCCn1nc(C)c(N)c1NC(C)C1CC1. The van der Waals surface area contributed by atoms with Crippen LogP contribution in [0.3, 0.4) is 0 Å². The number of aromatic nitrogens is 2. The number of nitrogens with two attached hydrogens (primary N) is 1. The zero-order valence-electron chi connectivity index (χ0n) is 10.5. The highest BCUT2D eigenvalue weighted by Gasteiger charge is 2.29. The van der Waals surface area contributed by atoms with Crippen LogP contribution in [0.2, 0.25) is 0 Å². The van der Waals surface area contributed by atoms with Crippen molar-refractivity contribution in [3.8, 4) is 0 Å². The van der Waals surface area contributed by atoms with E-state index in [4.69, 9.17) is 5.73 Å². The summed E-state index contributed by atoms with van der Waals surface area (Å²) in [4.78, 5) is 0. The van der Waals surface area contributed by atoms with Crippen LogP contribution in [0, 0.1) is 12.8 Å². The molecule has 4 heteroatoms. The van der Waals surface area contributed by atoms with Crippen LogP contribution >= 0.6 is 0 Å². The second-order valence-corrected chi connectivity index (χ2v) is 4.84. The summed E-state index contributed by atoms with van der Waals surface area (Å²) in [6.07, 6.45) is 3.76. The monoisotopic (exact) mass is 222 g/mol. The first kappa shape index (κ1) is 11.3. The third kappa shape index (κ3) is 2.15. The molecule has 90 valence electrons. The van der Waals surface area contributed by atoms with E-state index in [2.05, 4.69) is 24.3 Å². The van der Waals surface area contributed by atoms with E-state index in [-0.39, 0.29) is 0 Å². The molecule has 1 aromatic rings. The highest BCUT2D eigenvalue weighted by atomic mass is 15.3. The van der Waals surface area contributed by atoms with Gasteiger partial charge in [0, 0.05) is 12.6 Å². The number of anilines is 2. The highest BCUT2D eigenvalue weighted by Crippen LogP contribution is 2.35. The van der Waals surface area contributed by atoms with Gasteiger partial charge >= 0.3 is 0 Å². The van der Waals surface area contributed by atoms with Crippen LogP contribution < -0.4 is 11.1 Å². The van der Waals surface area contributed by atoms with Gasteiger partial charge in [0.25, 0.3) is 0 Å². The molecule has 1 unspecified atom stereocenters. The Kier molecular flexibility index (Phi) is 3.08. The van der Waals surface area contributed by atoms with Gasteiger partial charge in [-0.15, -0.1) is 0 Å². The predicted molar refractivity (Wildman–Crippen MR) is 67.5 cm³/mol. The number of nitrogens with one attached hydrogen (secondary N) is 1. The first-order valence-corrected chi connectivity index (χ1v) is 6.23. The summed E-state index contributed by atoms with van der Waals surface area (Å²) in [5.41, 5.74) is 7.79. The lowest BCUT2D eigenvalue weighted by molar-refractivity contribution is 0.591. The molecule has 1 atom stereocenters. The second-order valence-electron chi connectivity index (χ2n) is 4.84. The molecular formula is C12H22N4. The van der Waals surface area contributed by atoms with Crippen LogP contribution in [0.5, 0.6) is 0 Å². The molecule has 3 N–H and O–H groups in total. The lowest BCUT2D eigenvalue weighted by Crippen LogP contribution is -2.20. The van der Waals surface area contributed by atoms with E-state index in [0.717, 1.165) is 36.1 Å². The molecule has 1 heterocycles. The van der Waals surface area contributed by atoms with Gasteiger partial charge in [-0.2, -0.15) is 5.10 Å². The van der Waals surface area contributed by atoms with Gasteiger partial charge < -0.3 is 11.1 Å². The third-order valence-electron chi connectivity index (χ3n) is 3.30. The minimum atomic E-state index is 0.508. The van der Waals surface area contributed by atoms with Crippen LogP contribution in [0.25, 0.3) is 0 Å². The highest BCUT2D eigenvalue weighted by molar-refractivity contribution is 5.65. The van der Waals surface area contributed by atoms with E-state index in [1.165, 1.54) is 12.8 Å². The lowest BCUT2D eigenvalue weighted by atomic mass is 10.2. The van der Waals surface area contributed by atoms with Crippen molar-refractivity contribution >= 4 is 11.5 Å². The normalized spacial score (nSPS) is 17.4. The van der Waals surface area contributed by atoms with E-state index in [9.17, 15) is 0 Å². The Balaban J connectivity index is 2.15. The van der Waals surface area contributed by atoms with E-state index >= 15 is 0 Å². The summed E-state index contributed by atoms with van der Waals surface area (Å²) in [5.74, 6) is 1.84. The summed E-state index contributed by atoms with van der Waals surface area (Å²) in [6.45, 7) is 7.28. The van der Waals surface area contributed by atoms with Gasteiger partial charge in [0.05, 0.1) is 11.4 Å². The fourth-order valence-electron chi connectivity index (χ4n) is 2.05. The summed E-state index contributed by atoms with van der Waals surface area (Å²) >= 11 is 0. The average Bonchev–Trinajstić information content (AvgIpc) is 3.04. The summed E-state index contributed by atoms with van der Waals surface area (Å²) in [7, 11) is 0. The maximum absolute atomic E-state index is 6.06. The van der Waals surface area contributed by atoms with Gasteiger partial charge in [0.15, 0.2) is 0 Å². The fourth-order valence-corrected chi connectivity index (χ4v) is 2.05. The Hall–Kier alpha value is -1.19. The number of hydrogen-bond acceptors (Lipinski definition) is 3. The fraction of sp³-hybridized carbons (Fsp3) is 0.750. The molecule has 2 rings (SSSR count). The summed E-state index contributed by atoms with van der Waals surface area (Å²) in [6, 6.07) is 0.508. The third-order valence-corrected chi connectivity index (χ3v) is 3.30. The zero-order valence-corrected chi connectivity index (χ0v) is 10.5. The largest absolute Gasteiger partial charge is 0.394 e. The van der Waals surface area contributed by atoms with Gasteiger partial charge in [-0.3, -0.25) is 0 Å². The molecule has 0 aliphatic heterocycles. The van der Waals surface area contributed by atoms with Gasteiger partial charge in [-0.05, 0) is 39.0 Å². The van der Waals surface area contributed by atoms with Crippen molar-refractivity contribution in [1.82, 2.24) is 9.78 Å². The van der Waals surface area contributed by atoms with Crippen LogP contribution in [0.4, 0.5) is 11.5 Å². The number of rotatable bonds is 5. The Bertz CT molecular complexity index is 365. The Labute approximate surface area is 97.2 Å². The number of nitrogens with zero attached hydrogens (tertiary/aromatic N) is 2. The first-order valence-electron chi connectivity index (χ1n) is 6.23. The molecule has 0 spiro atoms. The van der Waals surface area contributed by atoms with E-state index in [0.29, 0.717) is 6.04 Å². The van der Waals surface area contributed by atoms with E-state index in [1.54, 1.807) is 0 Å². The smallest absolute Gasteiger partial charge is 0.148 e. The molecule has 0 amide bonds. The molecule has 1 aliphatic carbocycles.